The third-order valence-corrected chi connectivity index (χ3v) is 0.827. The first-order valence-electron chi connectivity index (χ1n) is 4.46. The van der Waals surface area contributed by atoms with Crippen LogP contribution in [-0.4, -0.2) is 26.0 Å². The first kappa shape index (κ1) is 18.1. The van der Waals surface area contributed by atoms with Gasteiger partial charge in [0.25, 0.3) is 0 Å². The van der Waals surface area contributed by atoms with Crippen LogP contribution in [0.1, 0.15) is 34.6 Å². The van der Waals surface area contributed by atoms with Gasteiger partial charge in [-0.25, -0.2) is 0 Å². The maximum Gasteiger partial charge on any atom is -0.00271 e. The first-order chi connectivity index (χ1) is 5.92. The summed E-state index contributed by atoms with van der Waals surface area (Å²) in [5, 5.41) is 0. The predicted molar refractivity (Wildman–Crippen MR) is 63.8 cm³/mol. The highest BCUT2D eigenvalue weighted by Crippen LogP contribution is 1.82. The van der Waals surface area contributed by atoms with Crippen LogP contribution in [0, 0.1) is 11.8 Å². The van der Waals surface area contributed by atoms with E-state index in [0.29, 0.717) is 0 Å². The van der Waals surface area contributed by atoms with E-state index in [-0.39, 0.29) is 0 Å². The summed E-state index contributed by atoms with van der Waals surface area (Å²) in [5.74, 6) is 5.36. The Morgan fingerprint density at radius 2 is 1.15 bits per heavy atom. The van der Waals surface area contributed by atoms with Gasteiger partial charge in [0.2, 0.25) is 0 Å². The van der Waals surface area contributed by atoms with Crippen molar-refractivity contribution < 1.29 is 0 Å². The van der Waals surface area contributed by atoms with Gasteiger partial charge in [0.15, 0.2) is 0 Å². The highest BCUT2D eigenvalue weighted by molar-refractivity contribution is 4.89. The van der Waals surface area contributed by atoms with Crippen LogP contribution in [0.3, 0.4) is 0 Å². The van der Waals surface area contributed by atoms with Crippen molar-refractivity contribution in [2.24, 2.45) is 0 Å². The van der Waals surface area contributed by atoms with Gasteiger partial charge in [0.05, 0.1) is 0 Å². The van der Waals surface area contributed by atoms with Crippen LogP contribution in [0.2, 0.25) is 0 Å². The number of rotatable bonds is 0. The minimum Gasteiger partial charge on any atom is -0.312 e. The summed E-state index contributed by atoms with van der Waals surface area (Å²) in [5.41, 5.74) is 1.38. The van der Waals surface area contributed by atoms with Gasteiger partial charge in [-0.05, 0) is 55.8 Å². The SMILES string of the molecule is CC#CC.CC=C(C)C.CN(C)C. The third kappa shape index (κ3) is 189. The van der Waals surface area contributed by atoms with E-state index in [0.717, 1.165) is 0 Å². The van der Waals surface area contributed by atoms with Crippen molar-refractivity contribution in [3.63, 3.8) is 0 Å². The van der Waals surface area contributed by atoms with Crippen molar-refractivity contribution in [1.29, 1.82) is 0 Å². The molecule has 0 aromatic rings. The Morgan fingerprint density at radius 1 is 1.00 bits per heavy atom. The smallest absolute Gasteiger partial charge is 0.00271 e. The van der Waals surface area contributed by atoms with E-state index in [4.69, 9.17) is 0 Å². The Kier molecular flexibility index (Phi) is 24.2. The number of nitrogens with zero attached hydrogens (tertiary/aromatic N) is 1. The monoisotopic (exact) mass is 183 g/mol. The highest BCUT2D eigenvalue weighted by atomic mass is 15.0. The van der Waals surface area contributed by atoms with E-state index in [1.54, 1.807) is 0 Å². The molecule has 0 fully saturated rings. The zero-order valence-electron chi connectivity index (χ0n) is 10.5. The maximum absolute atomic E-state index is 2.68. The zero-order valence-corrected chi connectivity index (χ0v) is 10.5. The van der Waals surface area contributed by atoms with E-state index in [1.165, 1.54) is 5.57 Å². The summed E-state index contributed by atoms with van der Waals surface area (Å²) in [6.45, 7) is 9.84. The maximum atomic E-state index is 2.68. The molecule has 0 saturated carbocycles. The quantitative estimate of drug-likeness (QED) is 0.412. The molecular formula is C12H25N. The average Bonchev–Trinajstić information content (AvgIpc) is 2.04. The lowest BCUT2D eigenvalue weighted by Crippen LogP contribution is -1.99. The molecule has 1 heteroatoms. The summed E-state index contributed by atoms with van der Waals surface area (Å²) in [6, 6.07) is 0. The lowest BCUT2D eigenvalue weighted by molar-refractivity contribution is 0.505. The Hall–Kier alpha value is -0.740. The normalized spacial score (nSPS) is 6.54. The van der Waals surface area contributed by atoms with Gasteiger partial charge in [-0.3, -0.25) is 0 Å². The molecule has 0 N–H and O–H groups in total. The van der Waals surface area contributed by atoms with Gasteiger partial charge in [-0.1, -0.05) is 11.6 Å². The fourth-order valence-electron chi connectivity index (χ4n) is 0. The van der Waals surface area contributed by atoms with Gasteiger partial charge in [0, 0.05) is 0 Å². The van der Waals surface area contributed by atoms with E-state index < -0.39 is 0 Å². The topological polar surface area (TPSA) is 3.24 Å². The molecule has 0 rings (SSSR count). The Morgan fingerprint density at radius 3 is 1.15 bits per heavy atom. The number of allylic oxidation sites excluding steroid dienone is 2. The Labute approximate surface area is 84.8 Å². The fourth-order valence-corrected chi connectivity index (χ4v) is 0. The predicted octanol–water partition coefficient (Wildman–Crippen LogP) is 3.18. The highest BCUT2D eigenvalue weighted by Gasteiger charge is 1.60. The molecule has 0 aliphatic rings. The number of hydrogen-bond acceptors (Lipinski definition) is 1. The van der Waals surface area contributed by atoms with Crippen LogP contribution in [0.25, 0.3) is 0 Å². The van der Waals surface area contributed by atoms with E-state index in [9.17, 15) is 0 Å². The van der Waals surface area contributed by atoms with Crippen LogP contribution in [0.4, 0.5) is 0 Å². The first-order valence-corrected chi connectivity index (χ1v) is 4.46. The Balaban J connectivity index is -0.000000117. The molecule has 0 aliphatic carbocycles. The Bertz CT molecular complexity index is 143. The lowest BCUT2D eigenvalue weighted by atomic mass is 10.3. The van der Waals surface area contributed by atoms with Crippen molar-refractivity contribution in [1.82, 2.24) is 4.90 Å². The summed E-state index contributed by atoms with van der Waals surface area (Å²) in [6.07, 6.45) is 2.08. The molecule has 0 aromatic heterocycles. The third-order valence-electron chi connectivity index (χ3n) is 0.827. The minimum absolute atomic E-state index is 1.38. The van der Waals surface area contributed by atoms with Crippen LogP contribution >= 0.6 is 0 Å². The molecule has 13 heavy (non-hydrogen) atoms. The molecule has 0 aliphatic heterocycles. The molecule has 0 aromatic carbocycles. The lowest BCUT2D eigenvalue weighted by Gasteiger charge is -1.90. The standard InChI is InChI=1S/C5H10.C4H6.C3H9N/c1-4-5(2)3;1-3-4-2;1-4(2)3/h4H,1-3H3;1-2H3;1-3H3. The molecule has 0 atom stereocenters. The minimum atomic E-state index is 1.38. The molecule has 0 heterocycles. The molecule has 0 saturated heterocycles. The summed E-state index contributed by atoms with van der Waals surface area (Å²) in [7, 11) is 6.00. The van der Waals surface area contributed by atoms with Crippen molar-refractivity contribution in [2.75, 3.05) is 21.1 Å². The molecule has 0 spiro atoms. The van der Waals surface area contributed by atoms with Gasteiger partial charge in [-0.2, -0.15) is 0 Å². The molecule has 78 valence electrons. The van der Waals surface area contributed by atoms with Crippen LogP contribution in [0.15, 0.2) is 11.6 Å². The molecule has 1 nitrogen and oxygen atoms in total. The van der Waals surface area contributed by atoms with Crippen molar-refractivity contribution in [2.45, 2.75) is 34.6 Å². The van der Waals surface area contributed by atoms with Crippen LogP contribution < -0.4 is 0 Å². The molecule has 0 amide bonds. The molecule has 0 unspecified atom stereocenters. The van der Waals surface area contributed by atoms with E-state index in [1.807, 2.05) is 46.8 Å². The van der Waals surface area contributed by atoms with Crippen molar-refractivity contribution in [3.05, 3.63) is 11.6 Å². The molecule has 0 radical (unpaired) electrons. The summed E-state index contributed by atoms with van der Waals surface area (Å²) in [4.78, 5) is 2.00. The second kappa shape index (κ2) is 17.4. The zero-order chi connectivity index (χ0) is 11.3. The summed E-state index contributed by atoms with van der Waals surface area (Å²) < 4.78 is 0. The van der Waals surface area contributed by atoms with Gasteiger partial charge in [0.1, 0.15) is 0 Å². The largest absolute Gasteiger partial charge is 0.312 e. The van der Waals surface area contributed by atoms with Crippen molar-refractivity contribution >= 4 is 0 Å². The second-order valence-electron chi connectivity index (χ2n) is 3.21. The van der Waals surface area contributed by atoms with Crippen LogP contribution in [-0.2, 0) is 0 Å². The van der Waals surface area contributed by atoms with Crippen molar-refractivity contribution in [3.8, 4) is 11.8 Å². The van der Waals surface area contributed by atoms with E-state index in [2.05, 4.69) is 31.8 Å². The molecular weight excluding hydrogens is 158 g/mol. The van der Waals surface area contributed by atoms with Gasteiger partial charge < -0.3 is 4.90 Å². The average molecular weight is 183 g/mol. The number of hydrogen-bond donors (Lipinski definition) is 0. The van der Waals surface area contributed by atoms with Gasteiger partial charge in [-0.15, -0.1) is 11.8 Å². The second-order valence-corrected chi connectivity index (χ2v) is 3.21. The summed E-state index contributed by atoms with van der Waals surface area (Å²) >= 11 is 0. The fraction of sp³-hybridized carbons (Fsp3) is 0.667. The molecule has 0 bridgehead atoms. The van der Waals surface area contributed by atoms with E-state index >= 15 is 0 Å². The van der Waals surface area contributed by atoms with Gasteiger partial charge >= 0.3 is 0 Å². The van der Waals surface area contributed by atoms with Crippen LogP contribution in [0.5, 0.6) is 0 Å².